The molecule has 0 spiro atoms. The Morgan fingerprint density at radius 2 is 2.24 bits per heavy atom. The number of nitrogens with zero attached hydrogens (tertiary/aromatic N) is 1. The molecule has 1 amide bonds. The van der Waals surface area contributed by atoms with Crippen LogP contribution in [0.2, 0.25) is 0 Å². The Morgan fingerprint density at radius 1 is 1.48 bits per heavy atom. The fourth-order valence-electron chi connectivity index (χ4n) is 2.94. The summed E-state index contributed by atoms with van der Waals surface area (Å²) in [6.07, 6.45) is 1.97. The molecule has 0 bridgehead atoms. The highest BCUT2D eigenvalue weighted by atomic mass is 16.3. The number of likely N-dealkylation sites (tertiary alicyclic amines) is 1. The zero-order chi connectivity index (χ0) is 15.4. The molecule has 0 radical (unpaired) electrons. The zero-order valence-corrected chi connectivity index (χ0v) is 13.2. The number of hydrogen-bond acceptors (Lipinski definition) is 3. The first-order chi connectivity index (χ1) is 10.1. The first kappa shape index (κ1) is 15.8. The van der Waals surface area contributed by atoms with E-state index in [9.17, 15) is 9.90 Å². The van der Waals surface area contributed by atoms with Crippen molar-refractivity contribution in [2.24, 2.45) is 5.92 Å². The number of aliphatic hydroxyl groups excluding tert-OH is 1. The maximum absolute atomic E-state index is 12.9. The summed E-state index contributed by atoms with van der Waals surface area (Å²) in [5, 5.41) is 12.9. The van der Waals surface area contributed by atoms with Gasteiger partial charge in [0, 0.05) is 18.8 Å². The van der Waals surface area contributed by atoms with Crippen molar-refractivity contribution in [1.29, 1.82) is 0 Å². The normalized spacial score (nSPS) is 21.6. The Morgan fingerprint density at radius 3 is 2.90 bits per heavy atom. The number of amides is 1. The van der Waals surface area contributed by atoms with Gasteiger partial charge in [0.15, 0.2) is 0 Å². The largest absolute Gasteiger partial charge is 0.394 e. The van der Waals surface area contributed by atoms with Crippen LogP contribution in [0, 0.1) is 12.8 Å². The van der Waals surface area contributed by atoms with E-state index < -0.39 is 0 Å². The molecule has 2 atom stereocenters. The van der Waals surface area contributed by atoms with Gasteiger partial charge in [0.05, 0.1) is 18.2 Å². The van der Waals surface area contributed by atoms with Crippen molar-refractivity contribution >= 4 is 11.6 Å². The van der Waals surface area contributed by atoms with Crippen LogP contribution in [0.1, 0.15) is 42.6 Å². The van der Waals surface area contributed by atoms with E-state index in [4.69, 9.17) is 0 Å². The van der Waals surface area contributed by atoms with E-state index in [-0.39, 0.29) is 18.6 Å². The zero-order valence-electron chi connectivity index (χ0n) is 13.2. The molecule has 1 aromatic rings. The van der Waals surface area contributed by atoms with Crippen LogP contribution in [0.25, 0.3) is 0 Å². The van der Waals surface area contributed by atoms with Crippen LogP contribution in [-0.2, 0) is 0 Å². The van der Waals surface area contributed by atoms with Crippen LogP contribution in [-0.4, -0.2) is 41.7 Å². The van der Waals surface area contributed by atoms with Crippen molar-refractivity contribution in [3.8, 4) is 0 Å². The van der Waals surface area contributed by atoms with E-state index in [0.717, 1.165) is 42.7 Å². The third-order valence-corrected chi connectivity index (χ3v) is 4.30. The van der Waals surface area contributed by atoms with E-state index in [0.29, 0.717) is 5.92 Å². The summed E-state index contributed by atoms with van der Waals surface area (Å²) in [5.41, 5.74) is 2.69. The van der Waals surface area contributed by atoms with E-state index in [1.54, 1.807) is 0 Å². The quantitative estimate of drug-likeness (QED) is 0.876. The van der Waals surface area contributed by atoms with Crippen LogP contribution in [0.5, 0.6) is 0 Å². The lowest BCUT2D eigenvalue weighted by atomic mass is 10.0. The summed E-state index contributed by atoms with van der Waals surface area (Å²) in [4.78, 5) is 14.7. The average molecular weight is 290 g/mol. The summed E-state index contributed by atoms with van der Waals surface area (Å²) in [6.45, 7) is 7.82. The Kier molecular flexibility index (Phi) is 5.23. The van der Waals surface area contributed by atoms with E-state index >= 15 is 0 Å². The number of hydrogen-bond donors (Lipinski definition) is 2. The molecule has 4 heteroatoms. The van der Waals surface area contributed by atoms with Gasteiger partial charge >= 0.3 is 0 Å². The molecule has 0 aliphatic carbocycles. The van der Waals surface area contributed by atoms with Crippen molar-refractivity contribution in [3.63, 3.8) is 0 Å². The first-order valence-corrected chi connectivity index (χ1v) is 7.84. The molecule has 2 N–H and O–H groups in total. The van der Waals surface area contributed by atoms with Crippen molar-refractivity contribution in [1.82, 2.24) is 4.90 Å². The van der Waals surface area contributed by atoms with Gasteiger partial charge in [0.25, 0.3) is 5.91 Å². The summed E-state index contributed by atoms with van der Waals surface area (Å²) in [6, 6.07) is 5.88. The molecule has 1 fully saturated rings. The lowest BCUT2D eigenvalue weighted by Crippen LogP contribution is -2.40. The predicted molar refractivity (Wildman–Crippen MR) is 85.7 cm³/mol. The maximum atomic E-state index is 12.9. The molecular formula is C17H26N2O2. The molecule has 116 valence electrons. The molecule has 0 saturated carbocycles. The van der Waals surface area contributed by atoms with Crippen molar-refractivity contribution in [3.05, 3.63) is 29.3 Å². The van der Waals surface area contributed by atoms with Crippen LogP contribution in [0.4, 0.5) is 5.69 Å². The molecule has 1 saturated heterocycles. The van der Waals surface area contributed by atoms with Gasteiger partial charge < -0.3 is 15.3 Å². The summed E-state index contributed by atoms with van der Waals surface area (Å²) < 4.78 is 0. The summed E-state index contributed by atoms with van der Waals surface area (Å²) >= 11 is 0. The predicted octanol–water partition coefficient (Wildman–Crippen LogP) is 2.66. The number of benzene rings is 1. The molecule has 2 unspecified atom stereocenters. The molecule has 21 heavy (non-hydrogen) atoms. The second-order valence-electron chi connectivity index (χ2n) is 5.99. The standard InChI is InChI=1S/C17H26N2O2/c1-4-8-18-15-6-5-12(2)10-14(15)17(21)19-9-7-13(3)16(19)11-20/h5-6,10,13,16,18,20H,4,7-9,11H2,1-3H3. The summed E-state index contributed by atoms with van der Waals surface area (Å²) in [5.74, 6) is 0.386. The van der Waals surface area contributed by atoms with Gasteiger partial charge in [0.1, 0.15) is 0 Å². The third kappa shape index (κ3) is 3.38. The minimum absolute atomic E-state index is 0.0284. The fourth-order valence-corrected chi connectivity index (χ4v) is 2.94. The maximum Gasteiger partial charge on any atom is 0.256 e. The van der Waals surface area contributed by atoms with Crippen LogP contribution < -0.4 is 5.32 Å². The van der Waals surface area contributed by atoms with Crippen molar-refractivity contribution < 1.29 is 9.90 Å². The van der Waals surface area contributed by atoms with E-state index in [1.807, 2.05) is 30.0 Å². The van der Waals surface area contributed by atoms with Gasteiger partial charge in [-0.2, -0.15) is 0 Å². The number of rotatable bonds is 5. The van der Waals surface area contributed by atoms with E-state index in [2.05, 4.69) is 19.2 Å². The Labute approximate surface area is 127 Å². The average Bonchev–Trinajstić information content (AvgIpc) is 2.86. The highest BCUT2D eigenvalue weighted by Crippen LogP contribution is 2.28. The highest BCUT2D eigenvalue weighted by Gasteiger charge is 2.34. The van der Waals surface area contributed by atoms with Gasteiger partial charge in [-0.25, -0.2) is 0 Å². The van der Waals surface area contributed by atoms with Gasteiger partial charge in [-0.15, -0.1) is 0 Å². The van der Waals surface area contributed by atoms with Gasteiger partial charge in [-0.3, -0.25) is 4.79 Å². The molecule has 1 aliphatic heterocycles. The minimum atomic E-state index is -0.0583. The molecule has 0 aromatic heterocycles. The fraction of sp³-hybridized carbons (Fsp3) is 0.588. The van der Waals surface area contributed by atoms with Crippen LogP contribution >= 0.6 is 0 Å². The SMILES string of the molecule is CCCNc1ccc(C)cc1C(=O)N1CCC(C)C1CO. The molecule has 2 rings (SSSR count). The second kappa shape index (κ2) is 6.94. The number of carbonyl (C=O) groups excluding carboxylic acids is 1. The minimum Gasteiger partial charge on any atom is -0.394 e. The van der Waals surface area contributed by atoms with E-state index in [1.165, 1.54) is 0 Å². The molecule has 4 nitrogen and oxygen atoms in total. The second-order valence-corrected chi connectivity index (χ2v) is 5.99. The number of nitrogens with one attached hydrogen (secondary N) is 1. The van der Waals surface area contributed by atoms with Crippen LogP contribution in [0.3, 0.4) is 0 Å². The van der Waals surface area contributed by atoms with Gasteiger partial charge in [-0.05, 0) is 37.8 Å². The number of aliphatic hydroxyl groups is 1. The van der Waals surface area contributed by atoms with Gasteiger partial charge in [0.2, 0.25) is 0 Å². The Bertz CT molecular complexity index is 502. The monoisotopic (exact) mass is 290 g/mol. The molecule has 1 heterocycles. The van der Waals surface area contributed by atoms with Crippen molar-refractivity contribution in [2.75, 3.05) is 25.0 Å². The number of anilines is 1. The summed E-state index contributed by atoms with van der Waals surface area (Å²) in [7, 11) is 0. The lowest BCUT2D eigenvalue weighted by molar-refractivity contribution is 0.0649. The first-order valence-electron chi connectivity index (χ1n) is 7.84. The Balaban J connectivity index is 2.27. The number of aryl methyl sites for hydroxylation is 1. The topological polar surface area (TPSA) is 52.6 Å². The Hall–Kier alpha value is -1.55. The van der Waals surface area contributed by atoms with Crippen molar-refractivity contribution in [2.45, 2.75) is 39.7 Å². The highest BCUT2D eigenvalue weighted by molar-refractivity contribution is 6.00. The smallest absolute Gasteiger partial charge is 0.256 e. The molecule has 1 aromatic carbocycles. The molecule has 1 aliphatic rings. The molecular weight excluding hydrogens is 264 g/mol. The lowest BCUT2D eigenvalue weighted by Gasteiger charge is -2.26. The third-order valence-electron chi connectivity index (χ3n) is 4.30. The van der Waals surface area contributed by atoms with Crippen LogP contribution in [0.15, 0.2) is 18.2 Å². The number of carbonyl (C=O) groups is 1. The van der Waals surface area contributed by atoms with Gasteiger partial charge in [-0.1, -0.05) is 25.5 Å².